The quantitative estimate of drug-likeness (QED) is 0.755. The molecule has 15 heavy (non-hydrogen) atoms. The van der Waals surface area contributed by atoms with E-state index in [1.54, 1.807) is 11.3 Å². The van der Waals surface area contributed by atoms with Crippen molar-refractivity contribution in [3.05, 3.63) is 21.9 Å². The van der Waals surface area contributed by atoms with Gasteiger partial charge in [-0.1, -0.05) is 0 Å². The minimum Gasteiger partial charge on any atom is -0.298 e. The number of halogens is 2. The highest BCUT2D eigenvalue weighted by atomic mass is 32.1. The smallest absolute Gasteiger partial charge is 0.250 e. The van der Waals surface area contributed by atoms with E-state index in [9.17, 15) is 8.78 Å². The van der Waals surface area contributed by atoms with Crippen LogP contribution in [-0.4, -0.2) is 23.9 Å². The summed E-state index contributed by atoms with van der Waals surface area (Å²) in [5.74, 6) is -2.43. The average molecular weight is 231 g/mol. The van der Waals surface area contributed by atoms with Crippen LogP contribution < -0.4 is 0 Å². The van der Waals surface area contributed by atoms with Gasteiger partial charge in [0.25, 0.3) is 5.92 Å². The highest BCUT2D eigenvalue weighted by Crippen LogP contribution is 2.29. The van der Waals surface area contributed by atoms with Crippen molar-refractivity contribution in [3.8, 4) is 0 Å². The van der Waals surface area contributed by atoms with E-state index >= 15 is 0 Å². The summed E-state index contributed by atoms with van der Waals surface area (Å²) in [4.78, 5) is 4.67. The topological polar surface area (TPSA) is 3.24 Å². The molecular formula is C11H15F2NS. The Hall–Kier alpha value is -0.480. The van der Waals surface area contributed by atoms with Gasteiger partial charge in [-0.15, -0.1) is 11.3 Å². The zero-order chi connectivity index (χ0) is 10.9. The van der Waals surface area contributed by atoms with Crippen LogP contribution in [0.25, 0.3) is 0 Å². The lowest BCUT2D eigenvalue weighted by Gasteiger charge is -2.31. The summed E-state index contributed by atoms with van der Waals surface area (Å²) in [7, 11) is 0. The molecule has 2 rings (SSSR count). The van der Waals surface area contributed by atoms with Crippen LogP contribution in [0.1, 0.15) is 22.6 Å². The zero-order valence-electron chi connectivity index (χ0n) is 8.80. The lowest BCUT2D eigenvalue weighted by atomic mass is 10.1. The van der Waals surface area contributed by atoms with E-state index in [4.69, 9.17) is 0 Å². The summed E-state index contributed by atoms with van der Waals surface area (Å²) in [6.07, 6.45) is 0.0225. The molecule has 0 amide bonds. The third-order valence-corrected chi connectivity index (χ3v) is 3.75. The molecule has 0 bridgehead atoms. The Kier molecular flexibility index (Phi) is 3.07. The van der Waals surface area contributed by atoms with Gasteiger partial charge in [-0.3, -0.25) is 4.90 Å². The van der Waals surface area contributed by atoms with Gasteiger partial charge in [0.2, 0.25) is 0 Å². The lowest BCUT2D eigenvalue weighted by Crippen LogP contribution is -2.38. The number of thiophene rings is 1. The molecule has 1 saturated heterocycles. The van der Waals surface area contributed by atoms with Gasteiger partial charge in [-0.2, -0.15) is 0 Å². The van der Waals surface area contributed by atoms with E-state index < -0.39 is 5.92 Å². The van der Waals surface area contributed by atoms with E-state index in [0.717, 1.165) is 6.54 Å². The predicted octanol–water partition coefficient (Wildman–Crippen LogP) is 3.29. The minimum absolute atomic E-state index is 0.0113. The molecular weight excluding hydrogens is 216 g/mol. The molecule has 2 heterocycles. The van der Waals surface area contributed by atoms with Crippen molar-refractivity contribution in [3.63, 3.8) is 0 Å². The summed E-state index contributed by atoms with van der Waals surface area (Å²) >= 11 is 1.75. The maximum absolute atomic E-state index is 12.9. The highest BCUT2D eigenvalue weighted by molar-refractivity contribution is 7.11. The second-order valence-corrected chi connectivity index (χ2v) is 5.52. The second-order valence-electron chi connectivity index (χ2n) is 4.14. The number of piperidine rings is 1. The molecule has 4 heteroatoms. The summed E-state index contributed by atoms with van der Waals surface area (Å²) in [5.41, 5.74) is 0. The van der Waals surface area contributed by atoms with Gasteiger partial charge in [0.05, 0.1) is 0 Å². The number of hydrogen-bond acceptors (Lipinski definition) is 2. The van der Waals surface area contributed by atoms with E-state index in [2.05, 4.69) is 24.0 Å². The van der Waals surface area contributed by atoms with E-state index in [0.29, 0.717) is 13.1 Å². The molecule has 1 fully saturated rings. The number of nitrogens with zero attached hydrogens (tertiary/aromatic N) is 1. The largest absolute Gasteiger partial charge is 0.298 e. The Balaban J connectivity index is 1.87. The Morgan fingerprint density at radius 2 is 2.00 bits per heavy atom. The van der Waals surface area contributed by atoms with E-state index in [1.165, 1.54) is 9.75 Å². The molecule has 1 nitrogen and oxygen atoms in total. The SMILES string of the molecule is Cc1ccc(CN2CCC(F)(F)CC2)s1. The molecule has 1 aromatic rings. The molecule has 84 valence electrons. The first-order chi connectivity index (χ1) is 7.05. The van der Waals surface area contributed by atoms with Gasteiger partial charge in [0.15, 0.2) is 0 Å². The van der Waals surface area contributed by atoms with Crippen molar-refractivity contribution < 1.29 is 8.78 Å². The first kappa shape index (κ1) is 11.0. The van der Waals surface area contributed by atoms with Crippen LogP contribution in [0.4, 0.5) is 8.78 Å². The highest BCUT2D eigenvalue weighted by Gasteiger charge is 2.33. The molecule has 0 saturated carbocycles. The normalized spacial score (nSPS) is 21.8. The molecule has 1 aromatic heterocycles. The third kappa shape index (κ3) is 2.98. The summed E-state index contributed by atoms with van der Waals surface area (Å²) in [5, 5.41) is 0. The number of alkyl halides is 2. The average Bonchev–Trinajstić information content (AvgIpc) is 2.55. The van der Waals surface area contributed by atoms with Crippen molar-refractivity contribution in [1.29, 1.82) is 0 Å². The predicted molar refractivity (Wildman–Crippen MR) is 58.5 cm³/mol. The summed E-state index contributed by atoms with van der Waals surface area (Å²) < 4.78 is 25.8. The van der Waals surface area contributed by atoms with Crippen LogP contribution in [-0.2, 0) is 6.54 Å². The van der Waals surface area contributed by atoms with Crippen LogP contribution in [0.15, 0.2) is 12.1 Å². The first-order valence-electron chi connectivity index (χ1n) is 5.21. The van der Waals surface area contributed by atoms with Crippen molar-refractivity contribution in [2.75, 3.05) is 13.1 Å². The van der Waals surface area contributed by atoms with Gasteiger partial charge in [0, 0.05) is 42.2 Å². The standard InChI is InChI=1S/C11H15F2NS/c1-9-2-3-10(15-9)8-14-6-4-11(12,13)5-7-14/h2-3H,4-8H2,1H3. The van der Waals surface area contributed by atoms with Gasteiger partial charge in [-0.25, -0.2) is 8.78 Å². The molecule has 0 unspecified atom stereocenters. The molecule has 0 N–H and O–H groups in total. The maximum Gasteiger partial charge on any atom is 0.250 e. The number of likely N-dealkylation sites (tertiary alicyclic amines) is 1. The summed E-state index contributed by atoms with van der Waals surface area (Å²) in [6.45, 7) is 3.93. The van der Waals surface area contributed by atoms with Crippen molar-refractivity contribution in [2.45, 2.75) is 32.2 Å². The fourth-order valence-corrected chi connectivity index (χ4v) is 2.76. The van der Waals surface area contributed by atoms with Crippen molar-refractivity contribution >= 4 is 11.3 Å². The van der Waals surface area contributed by atoms with Crippen molar-refractivity contribution in [2.24, 2.45) is 0 Å². The van der Waals surface area contributed by atoms with Gasteiger partial charge in [0.1, 0.15) is 0 Å². The van der Waals surface area contributed by atoms with Crippen LogP contribution in [0, 0.1) is 6.92 Å². The number of aryl methyl sites for hydroxylation is 1. The molecule has 0 aliphatic carbocycles. The second kappa shape index (κ2) is 4.18. The van der Waals surface area contributed by atoms with Crippen LogP contribution in [0.5, 0.6) is 0 Å². The monoisotopic (exact) mass is 231 g/mol. The molecule has 0 radical (unpaired) electrons. The number of rotatable bonds is 2. The first-order valence-corrected chi connectivity index (χ1v) is 6.02. The number of hydrogen-bond donors (Lipinski definition) is 0. The van der Waals surface area contributed by atoms with Gasteiger partial charge < -0.3 is 0 Å². The Labute approximate surface area is 92.7 Å². The minimum atomic E-state index is -2.43. The van der Waals surface area contributed by atoms with Crippen LogP contribution in [0.3, 0.4) is 0 Å². The lowest BCUT2D eigenvalue weighted by molar-refractivity contribution is -0.0564. The van der Waals surface area contributed by atoms with Crippen LogP contribution in [0.2, 0.25) is 0 Å². The van der Waals surface area contributed by atoms with E-state index in [-0.39, 0.29) is 12.8 Å². The fraction of sp³-hybridized carbons (Fsp3) is 0.636. The Morgan fingerprint density at radius 3 is 2.53 bits per heavy atom. The Bertz CT molecular complexity index is 325. The van der Waals surface area contributed by atoms with Gasteiger partial charge >= 0.3 is 0 Å². The molecule has 1 aliphatic heterocycles. The maximum atomic E-state index is 12.9. The third-order valence-electron chi connectivity index (χ3n) is 2.76. The molecule has 0 spiro atoms. The molecule has 1 aliphatic rings. The summed E-state index contributed by atoms with van der Waals surface area (Å²) in [6, 6.07) is 4.17. The van der Waals surface area contributed by atoms with Crippen LogP contribution >= 0.6 is 11.3 Å². The van der Waals surface area contributed by atoms with Crippen molar-refractivity contribution in [1.82, 2.24) is 4.90 Å². The molecule has 0 aromatic carbocycles. The van der Waals surface area contributed by atoms with Gasteiger partial charge in [-0.05, 0) is 19.1 Å². The zero-order valence-corrected chi connectivity index (χ0v) is 9.62. The fourth-order valence-electron chi connectivity index (χ4n) is 1.83. The molecule has 0 atom stereocenters. The Morgan fingerprint density at radius 1 is 1.33 bits per heavy atom. The van der Waals surface area contributed by atoms with E-state index in [1.807, 2.05) is 0 Å².